The first-order chi connectivity index (χ1) is 9.79. The normalized spacial score (nSPS) is 9.80. The molecule has 0 amide bonds. The molecule has 2 aromatic carbocycles. The Bertz CT molecular complexity index is 555. The summed E-state index contributed by atoms with van der Waals surface area (Å²) in [5, 5.41) is 12.1. The van der Waals surface area contributed by atoms with Crippen LogP contribution in [0.5, 0.6) is 0 Å². The molecule has 0 spiro atoms. The van der Waals surface area contributed by atoms with Gasteiger partial charge in [0, 0.05) is 31.5 Å². The van der Waals surface area contributed by atoms with Crippen molar-refractivity contribution in [2.24, 2.45) is 0 Å². The zero-order valence-corrected chi connectivity index (χ0v) is 11.7. The van der Waals surface area contributed by atoms with Gasteiger partial charge in [-0.1, -0.05) is 18.2 Å². The van der Waals surface area contributed by atoms with Gasteiger partial charge in [-0.2, -0.15) is 5.26 Å². The average molecular weight is 265 g/mol. The molecule has 102 valence electrons. The fourth-order valence-corrected chi connectivity index (χ4v) is 2.02. The van der Waals surface area contributed by atoms with E-state index < -0.39 is 0 Å². The highest BCUT2D eigenvalue weighted by Crippen LogP contribution is 2.12. The average Bonchev–Trinajstić information content (AvgIpc) is 2.53. The molecule has 0 aromatic heterocycles. The molecule has 0 aliphatic heterocycles. The fourth-order valence-electron chi connectivity index (χ4n) is 2.02. The molecule has 2 rings (SSSR count). The van der Waals surface area contributed by atoms with Gasteiger partial charge in [-0.05, 0) is 42.8 Å². The van der Waals surface area contributed by atoms with Crippen LogP contribution >= 0.6 is 0 Å². The topological polar surface area (TPSA) is 39.1 Å². The monoisotopic (exact) mass is 265 g/mol. The van der Waals surface area contributed by atoms with E-state index in [0.29, 0.717) is 5.56 Å². The molecule has 0 aliphatic carbocycles. The van der Waals surface area contributed by atoms with Crippen LogP contribution in [-0.4, -0.2) is 20.1 Å². The van der Waals surface area contributed by atoms with Crippen LogP contribution in [0.2, 0.25) is 0 Å². The highest BCUT2D eigenvalue weighted by molar-refractivity contribution is 5.47. The Morgan fingerprint density at radius 2 is 1.75 bits per heavy atom. The third-order valence-electron chi connectivity index (χ3n) is 3.21. The summed E-state index contributed by atoms with van der Waals surface area (Å²) in [5.74, 6) is 0. The van der Waals surface area contributed by atoms with E-state index in [9.17, 15) is 0 Å². The summed E-state index contributed by atoms with van der Waals surface area (Å²) in [7, 11) is 2.11. The van der Waals surface area contributed by atoms with Crippen LogP contribution in [-0.2, 0) is 0 Å². The summed E-state index contributed by atoms with van der Waals surface area (Å²) in [6.07, 6.45) is 1.06. The summed E-state index contributed by atoms with van der Waals surface area (Å²) < 4.78 is 0. The first-order valence-corrected chi connectivity index (χ1v) is 6.80. The summed E-state index contributed by atoms with van der Waals surface area (Å²) in [5.41, 5.74) is 3.00. The SMILES string of the molecule is CN(CCCNc1ccc(C#N)cc1)c1ccccc1. The van der Waals surface area contributed by atoms with Crippen molar-refractivity contribution in [2.75, 3.05) is 30.4 Å². The van der Waals surface area contributed by atoms with Gasteiger partial charge >= 0.3 is 0 Å². The smallest absolute Gasteiger partial charge is 0.0991 e. The molecule has 20 heavy (non-hydrogen) atoms. The van der Waals surface area contributed by atoms with E-state index >= 15 is 0 Å². The molecule has 0 aliphatic rings. The number of para-hydroxylation sites is 1. The lowest BCUT2D eigenvalue weighted by molar-refractivity contribution is 0.816. The van der Waals surface area contributed by atoms with E-state index in [-0.39, 0.29) is 0 Å². The van der Waals surface area contributed by atoms with Crippen LogP contribution in [0, 0.1) is 11.3 Å². The molecule has 0 atom stereocenters. The van der Waals surface area contributed by atoms with E-state index in [2.05, 4.69) is 47.6 Å². The van der Waals surface area contributed by atoms with Gasteiger partial charge < -0.3 is 10.2 Å². The second-order valence-electron chi connectivity index (χ2n) is 4.73. The zero-order valence-electron chi connectivity index (χ0n) is 11.7. The molecule has 0 saturated carbocycles. The predicted molar refractivity (Wildman–Crippen MR) is 84.0 cm³/mol. The van der Waals surface area contributed by atoms with Gasteiger partial charge in [-0.25, -0.2) is 0 Å². The maximum atomic E-state index is 8.74. The predicted octanol–water partition coefficient (Wildman–Crippen LogP) is 3.50. The Morgan fingerprint density at radius 3 is 2.40 bits per heavy atom. The summed E-state index contributed by atoms with van der Waals surface area (Å²) in [4.78, 5) is 2.25. The van der Waals surface area contributed by atoms with Crippen LogP contribution in [0.15, 0.2) is 54.6 Å². The highest BCUT2D eigenvalue weighted by Gasteiger charge is 1.99. The molecular formula is C17H19N3. The maximum Gasteiger partial charge on any atom is 0.0991 e. The quantitative estimate of drug-likeness (QED) is 0.812. The van der Waals surface area contributed by atoms with Gasteiger partial charge in [0.15, 0.2) is 0 Å². The van der Waals surface area contributed by atoms with Crippen LogP contribution in [0.4, 0.5) is 11.4 Å². The molecule has 0 unspecified atom stereocenters. The maximum absolute atomic E-state index is 8.74. The van der Waals surface area contributed by atoms with Crippen molar-refractivity contribution in [1.82, 2.24) is 0 Å². The van der Waals surface area contributed by atoms with Gasteiger partial charge in [0.2, 0.25) is 0 Å². The molecule has 0 bridgehead atoms. The lowest BCUT2D eigenvalue weighted by Crippen LogP contribution is -2.20. The molecule has 3 heteroatoms. The van der Waals surface area contributed by atoms with E-state index in [4.69, 9.17) is 5.26 Å². The number of hydrogen-bond acceptors (Lipinski definition) is 3. The number of rotatable bonds is 6. The molecular weight excluding hydrogens is 246 g/mol. The van der Waals surface area contributed by atoms with Gasteiger partial charge in [-0.15, -0.1) is 0 Å². The van der Waals surface area contributed by atoms with Crippen LogP contribution in [0.1, 0.15) is 12.0 Å². The minimum Gasteiger partial charge on any atom is -0.385 e. The zero-order chi connectivity index (χ0) is 14.2. The lowest BCUT2D eigenvalue weighted by atomic mass is 10.2. The second-order valence-corrected chi connectivity index (χ2v) is 4.73. The van der Waals surface area contributed by atoms with Crippen LogP contribution < -0.4 is 10.2 Å². The first-order valence-electron chi connectivity index (χ1n) is 6.80. The second kappa shape index (κ2) is 7.20. The lowest BCUT2D eigenvalue weighted by Gasteiger charge is -2.19. The highest BCUT2D eigenvalue weighted by atomic mass is 15.1. The minimum absolute atomic E-state index is 0.694. The summed E-state index contributed by atoms with van der Waals surface area (Å²) >= 11 is 0. The number of nitrogens with one attached hydrogen (secondary N) is 1. The number of nitriles is 1. The Hall–Kier alpha value is -2.47. The number of benzene rings is 2. The largest absolute Gasteiger partial charge is 0.385 e. The van der Waals surface area contributed by atoms with E-state index in [0.717, 1.165) is 25.2 Å². The third-order valence-corrected chi connectivity index (χ3v) is 3.21. The summed E-state index contributed by atoms with van der Waals surface area (Å²) in [6, 6.07) is 20.1. The van der Waals surface area contributed by atoms with Crippen molar-refractivity contribution < 1.29 is 0 Å². The Kier molecular flexibility index (Phi) is 5.02. The van der Waals surface area contributed by atoms with Crippen molar-refractivity contribution in [2.45, 2.75) is 6.42 Å². The van der Waals surface area contributed by atoms with E-state index in [1.807, 2.05) is 30.3 Å². The van der Waals surface area contributed by atoms with Gasteiger partial charge in [0.25, 0.3) is 0 Å². The first kappa shape index (κ1) is 14.0. The van der Waals surface area contributed by atoms with Crippen molar-refractivity contribution in [1.29, 1.82) is 5.26 Å². The Balaban J connectivity index is 1.72. The fraction of sp³-hybridized carbons (Fsp3) is 0.235. The van der Waals surface area contributed by atoms with Crippen molar-refractivity contribution in [3.05, 3.63) is 60.2 Å². The molecule has 0 radical (unpaired) electrons. The standard InChI is InChI=1S/C17H19N3/c1-20(17-6-3-2-4-7-17)13-5-12-19-16-10-8-15(14-18)9-11-16/h2-4,6-11,19H,5,12-13H2,1H3. The number of nitrogens with zero attached hydrogens (tertiary/aromatic N) is 2. The molecule has 3 nitrogen and oxygen atoms in total. The molecule has 1 N–H and O–H groups in total. The van der Waals surface area contributed by atoms with Crippen LogP contribution in [0.3, 0.4) is 0 Å². The third kappa shape index (κ3) is 4.03. The Morgan fingerprint density at radius 1 is 1.05 bits per heavy atom. The molecule has 0 fully saturated rings. The van der Waals surface area contributed by atoms with Crippen molar-refractivity contribution >= 4 is 11.4 Å². The van der Waals surface area contributed by atoms with E-state index in [1.165, 1.54) is 5.69 Å². The number of anilines is 2. The van der Waals surface area contributed by atoms with Gasteiger partial charge in [0.05, 0.1) is 11.6 Å². The summed E-state index contributed by atoms with van der Waals surface area (Å²) in [6.45, 7) is 1.93. The molecule has 0 heterocycles. The molecule has 0 saturated heterocycles. The molecule has 2 aromatic rings. The van der Waals surface area contributed by atoms with Gasteiger partial charge in [-0.3, -0.25) is 0 Å². The number of hydrogen-bond donors (Lipinski definition) is 1. The van der Waals surface area contributed by atoms with E-state index in [1.54, 1.807) is 0 Å². The van der Waals surface area contributed by atoms with Gasteiger partial charge in [0.1, 0.15) is 0 Å². The Labute approximate surface area is 120 Å². The van der Waals surface area contributed by atoms with Crippen LogP contribution in [0.25, 0.3) is 0 Å². The van der Waals surface area contributed by atoms with Crippen molar-refractivity contribution in [3.8, 4) is 6.07 Å². The minimum atomic E-state index is 0.694. The van der Waals surface area contributed by atoms with Crippen molar-refractivity contribution in [3.63, 3.8) is 0 Å².